The predicted octanol–water partition coefficient (Wildman–Crippen LogP) is 4.00. The Morgan fingerprint density at radius 1 is 1.30 bits per heavy atom. The minimum atomic E-state index is -0.477. The molecular formula is C20H17ClFN3O2. The summed E-state index contributed by atoms with van der Waals surface area (Å²) in [5, 5.41) is 7.68. The fourth-order valence-electron chi connectivity index (χ4n) is 2.39. The molecule has 0 unspecified atom stereocenters. The number of hydrogen-bond donors (Lipinski definition) is 1. The molecular weight excluding hydrogens is 369 g/mol. The van der Waals surface area contributed by atoms with Crippen molar-refractivity contribution in [3.63, 3.8) is 0 Å². The lowest BCUT2D eigenvalue weighted by molar-refractivity contribution is -0.116. The summed E-state index contributed by atoms with van der Waals surface area (Å²) in [6, 6.07) is 11.8. The maximum atomic E-state index is 13.6. The van der Waals surface area contributed by atoms with E-state index in [1.165, 1.54) is 31.4 Å². The minimum Gasteiger partial charge on any atom is -0.494 e. The second-order valence-corrected chi connectivity index (χ2v) is 6.15. The summed E-state index contributed by atoms with van der Waals surface area (Å²) in [6.07, 6.45) is 6.39. The van der Waals surface area contributed by atoms with Gasteiger partial charge in [0, 0.05) is 29.4 Å². The quantitative estimate of drug-likeness (QED) is 0.652. The molecule has 1 N–H and O–H groups in total. The zero-order valence-electron chi connectivity index (χ0n) is 14.5. The highest BCUT2D eigenvalue weighted by atomic mass is 35.5. The molecule has 1 aromatic heterocycles. The Labute approximate surface area is 161 Å². The van der Waals surface area contributed by atoms with Crippen LogP contribution in [0.2, 0.25) is 5.02 Å². The second-order valence-electron chi connectivity index (χ2n) is 5.71. The Balaban J connectivity index is 1.56. The number of aromatic nitrogens is 2. The Bertz CT molecular complexity index is 968. The molecule has 1 amide bonds. The molecule has 0 fully saturated rings. The van der Waals surface area contributed by atoms with E-state index in [2.05, 4.69) is 10.4 Å². The van der Waals surface area contributed by atoms with Crippen molar-refractivity contribution in [2.24, 2.45) is 0 Å². The Kier molecular flexibility index (Phi) is 5.88. The van der Waals surface area contributed by atoms with Crippen molar-refractivity contribution in [3.8, 4) is 11.4 Å². The van der Waals surface area contributed by atoms with Crippen molar-refractivity contribution in [2.45, 2.75) is 6.54 Å². The van der Waals surface area contributed by atoms with Gasteiger partial charge < -0.3 is 10.1 Å². The summed E-state index contributed by atoms with van der Waals surface area (Å²) in [7, 11) is 1.40. The van der Waals surface area contributed by atoms with E-state index in [1.807, 2.05) is 18.3 Å². The lowest BCUT2D eigenvalue weighted by Gasteiger charge is -2.02. The van der Waals surface area contributed by atoms with Crippen LogP contribution in [0.5, 0.6) is 5.75 Å². The number of rotatable bonds is 6. The summed E-state index contributed by atoms with van der Waals surface area (Å²) in [5.74, 6) is -0.602. The van der Waals surface area contributed by atoms with Crippen LogP contribution in [0.4, 0.5) is 4.39 Å². The van der Waals surface area contributed by atoms with E-state index in [4.69, 9.17) is 16.3 Å². The fraction of sp³-hybridized carbons (Fsp3) is 0.100. The molecule has 1 heterocycles. The highest BCUT2D eigenvalue weighted by Gasteiger charge is 2.04. The van der Waals surface area contributed by atoms with Crippen molar-refractivity contribution in [3.05, 3.63) is 82.9 Å². The van der Waals surface area contributed by atoms with E-state index in [0.29, 0.717) is 17.1 Å². The van der Waals surface area contributed by atoms with Gasteiger partial charge in [-0.3, -0.25) is 4.79 Å². The van der Waals surface area contributed by atoms with E-state index in [9.17, 15) is 9.18 Å². The van der Waals surface area contributed by atoms with Crippen molar-refractivity contribution in [2.75, 3.05) is 7.11 Å². The van der Waals surface area contributed by atoms with Gasteiger partial charge in [0.2, 0.25) is 5.91 Å². The number of methoxy groups -OCH3 is 1. The van der Waals surface area contributed by atoms with Crippen LogP contribution in [0.25, 0.3) is 11.8 Å². The first-order valence-electron chi connectivity index (χ1n) is 8.14. The van der Waals surface area contributed by atoms with E-state index >= 15 is 0 Å². The van der Waals surface area contributed by atoms with E-state index in [-0.39, 0.29) is 11.7 Å². The molecule has 7 heteroatoms. The number of ether oxygens (including phenoxy) is 1. The van der Waals surface area contributed by atoms with Crippen molar-refractivity contribution < 1.29 is 13.9 Å². The maximum Gasteiger partial charge on any atom is 0.244 e. The van der Waals surface area contributed by atoms with Crippen LogP contribution in [0, 0.1) is 5.82 Å². The van der Waals surface area contributed by atoms with Gasteiger partial charge in [0.05, 0.1) is 19.0 Å². The average Bonchev–Trinajstić information content (AvgIpc) is 3.14. The number of nitrogens with zero attached hydrogens (tertiary/aromatic N) is 2. The van der Waals surface area contributed by atoms with Gasteiger partial charge in [0.15, 0.2) is 11.6 Å². The molecule has 2 aromatic carbocycles. The maximum absolute atomic E-state index is 13.6. The normalized spacial score (nSPS) is 10.9. The van der Waals surface area contributed by atoms with Gasteiger partial charge in [0.1, 0.15) is 0 Å². The van der Waals surface area contributed by atoms with Gasteiger partial charge in [-0.05, 0) is 48.0 Å². The van der Waals surface area contributed by atoms with Gasteiger partial charge in [-0.2, -0.15) is 5.10 Å². The Hall–Kier alpha value is -3.12. The number of nitrogens with one attached hydrogen (secondary N) is 1. The number of amides is 1. The van der Waals surface area contributed by atoms with Crippen LogP contribution in [0.1, 0.15) is 11.1 Å². The SMILES string of the molecule is COc1ccc(/C=C/C(=O)NCc2cnn(-c3ccc(Cl)cc3)c2)cc1F. The third kappa shape index (κ3) is 4.95. The van der Waals surface area contributed by atoms with Crippen LogP contribution in [0.15, 0.2) is 60.9 Å². The van der Waals surface area contributed by atoms with Crippen molar-refractivity contribution >= 4 is 23.6 Å². The molecule has 0 aliphatic carbocycles. The van der Waals surface area contributed by atoms with Crippen LogP contribution in [-0.2, 0) is 11.3 Å². The van der Waals surface area contributed by atoms with E-state index in [0.717, 1.165) is 11.3 Å². The molecule has 0 aliphatic heterocycles. The van der Waals surface area contributed by atoms with Crippen LogP contribution >= 0.6 is 11.6 Å². The van der Waals surface area contributed by atoms with E-state index < -0.39 is 5.82 Å². The van der Waals surface area contributed by atoms with Gasteiger partial charge in [0.25, 0.3) is 0 Å². The monoisotopic (exact) mass is 385 g/mol. The first-order valence-corrected chi connectivity index (χ1v) is 8.52. The Morgan fingerprint density at radius 2 is 2.07 bits per heavy atom. The number of carbonyl (C=O) groups is 1. The molecule has 138 valence electrons. The molecule has 0 saturated carbocycles. The molecule has 0 saturated heterocycles. The average molecular weight is 386 g/mol. The Morgan fingerprint density at radius 3 is 2.78 bits per heavy atom. The third-order valence-electron chi connectivity index (χ3n) is 3.80. The molecule has 0 bridgehead atoms. The predicted molar refractivity (Wildman–Crippen MR) is 102 cm³/mol. The molecule has 0 atom stereocenters. The zero-order valence-corrected chi connectivity index (χ0v) is 15.3. The summed E-state index contributed by atoms with van der Waals surface area (Å²) in [5.41, 5.74) is 2.29. The first kappa shape index (κ1) is 18.7. The fourth-order valence-corrected chi connectivity index (χ4v) is 2.52. The van der Waals surface area contributed by atoms with Gasteiger partial charge in [-0.1, -0.05) is 17.7 Å². The van der Waals surface area contributed by atoms with Gasteiger partial charge in [-0.15, -0.1) is 0 Å². The first-order chi connectivity index (χ1) is 13.0. The zero-order chi connectivity index (χ0) is 19.2. The molecule has 3 aromatic rings. The summed E-state index contributed by atoms with van der Waals surface area (Å²) >= 11 is 5.88. The lowest BCUT2D eigenvalue weighted by Crippen LogP contribution is -2.19. The van der Waals surface area contributed by atoms with Crippen molar-refractivity contribution in [1.29, 1.82) is 0 Å². The lowest BCUT2D eigenvalue weighted by atomic mass is 10.2. The topological polar surface area (TPSA) is 56.1 Å². The molecule has 0 spiro atoms. The summed E-state index contributed by atoms with van der Waals surface area (Å²) < 4.78 is 20.2. The van der Waals surface area contributed by atoms with Crippen LogP contribution < -0.4 is 10.1 Å². The minimum absolute atomic E-state index is 0.161. The smallest absolute Gasteiger partial charge is 0.244 e. The number of carbonyl (C=O) groups excluding carboxylic acids is 1. The molecule has 27 heavy (non-hydrogen) atoms. The molecule has 3 rings (SSSR count). The third-order valence-corrected chi connectivity index (χ3v) is 4.05. The highest BCUT2D eigenvalue weighted by Crippen LogP contribution is 2.18. The van der Waals surface area contributed by atoms with Gasteiger partial charge >= 0.3 is 0 Å². The van der Waals surface area contributed by atoms with E-state index in [1.54, 1.807) is 29.1 Å². The standard InChI is InChI=1S/C20H17ClFN3O2/c1-27-19-8-2-14(10-18(19)22)3-9-20(26)23-11-15-12-24-25(13-15)17-6-4-16(21)5-7-17/h2-10,12-13H,11H2,1H3,(H,23,26)/b9-3+. The number of hydrogen-bond acceptors (Lipinski definition) is 3. The molecule has 0 radical (unpaired) electrons. The van der Waals surface area contributed by atoms with Crippen LogP contribution in [0.3, 0.4) is 0 Å². The largest absolute Gasteiger partial charge is 0.494 e. The highest BCUT2D eigenvalue weighted by molar-refractivity contribution is 6.30. The molecule has 0 aliphatic rings. The van der Waals surface area contributed by atoms with Crippen LogP contribution in [-0.4, -0.2) is 22.8 Å². The second kappa shape index (κ2) is 8.51. The van der Waals surface area contributed by atoms with Gasteiger partial charge in [-0.25, -0.2) is 9.07 Å². The summed E-state index contributed by atoms with van der Waals surface area (Å²) in [4.78, 5) is 12.0. The number of benzene rings is 2. The van der Waals surface area contributed by atoms with Crippen molar-refractivity contribution in [1.82, 2.24) is 15.1 Å². The number of halogens is 2. The molecule has 5 nitrogen and oxygen atoms in total. The summed E-state index contributed by atoms with van der Waals surface area (Å²) in [6.45, 7) is 0.327.